The second-order valence-corrected chi connectivity index (χ2v) is 11.6. The highest BCUT2D eigenvalue weighted by atomic mass is 35.5. The summed E-state index contributed by atoms with van der Waals surface area (Å²) in [4.78, 5) is 27.0. The summed E-state index contributed by atoms with van der Waals surface area (Å²) >= 11 is 6.58. The lowest BCUT2D eigenvalue weighted by molar-refractivity contribution is -0.137. The van der Waals surface area contributed by atoms with Crippen LogP contribution in [0, 0.1) is 12.7 Å². The molecule has 0 spiro atoms. The van der Waals surface area contributed by atoms with Gasteiger partial charge in [-0.25, -0.2) is 4.39 Å². The number of rotatable bonds is 6. The number of aromatic nitrogens is 2. The minimum Gasteiger partial charge on any atom is -0.462 e. The lowest BCUT2D eigenvalue weighted by atomic mass is 9.93. The fourth-order valence-electron chi connectivity index (χ4n) is 6.04. The maximum atomic E-state index is 16.6. The molecule has 0 aliphatic carbocycles. The van der Waals surface area contributed by atoms with Crippen LogP contribution in [0.3, 0.4) is 0 Å². The SMILES string of the molecule is C=CC(=O)N1CCN(c2nc(OC[C@@H]3CCCN3C)nc3c(F)c(-c4cc(N)cc(C)c4C(F)(F)F)c(Cl)cc23)[C@@H](C)C1. The van der Waals surface area contributed by atoms with E-state index in [1.807, 2.05) is 18.9 Å². The first-order valence-corrected chi connectivity index (χ1v) is 14.4. The number of carbonyl (C=O) groups is 1. The van der Waals surface area contributed by atoms with Crippen LogP contribution in [0.1, 0.15) is 30.9 Å². The number of fused-ring (bicyclic) bond motifs is 1. The topological polar surface area (TPSA) is 87.8 Å². The molecule has 0 radical (unpaired) electrons. The monoisotopic (exact) mass is 620 g/mol. The summed E-state index contributed by atoms with van der Waals surface area (Å²) in [5.41, 5.74) is 3.58. The smallest absolute Gasteiger partial charge is 0.417 e. The Morgan fingerprint density at radius 1 is 1.23 bits per heavy atom. The number of anilines is 2. The van der Waals surface area contributed by atoms with Gasteiger partial charge in [0.15, 0.2) is 5.82 Å². The van der Waals surface area contributed by atoms with Gasteiger partial charge in [0.2, 0.25) is 5.91 Å². The Morgan fingerprint density at radius 3 is 2.60 bits per heavy atom. The van der Waals surface area contributed by atoms with Crippen molar-refractivity contribution < 1.29 is 27.1 Å². The molecule has 2 aliphatic heterocycles. The second-order valence-electron chi connectivity index (χ2n) is 11.1. The fraction of sp³-hybridized carbons (Fsp3) is 0.433. The average Bonchev–Trinajstić information content (AvgIpc) is 3.34. The number of nitrogens with two attached hydrogens (primary N) is 1. The number of carbonyl (C=O) groups excluding carboxylic acids is 1. The van der Waals surface area contributed by atoms with Crippen molar-refractivity contribution in [2.75, 3.05) is 50.5 Å². The van der Waals surface area contributed by atoms with E-state index in [1.165, 1.54) is 25.1 Å². The minimum absolute atomic E-state index is 0.0323. The molecule has 1 amide bonds. The summed E-state index contributed by atoms with van der Waals surface area (Å²) in [5, 5.41) is -0.0409. The Labute approximate surface area is 252 Å². The molecular formula is C30H33ClF4N6O2. The maximum Gasteiger partial charge on any atom is 0.417 e. The Morgan fingerprint density at radius 2 is 1.98 bits per heavy atom. The molecule has 1 aromatic heterocycles. The number of likely N-dealkylation sites (N-methyl/N-ethyl adjacent to an activating group) is 1. The number of piperazine rings is 1. The van der Waals surface area contributed by atoms with Crippen molar-refractivity contribution in [3.8, 4) is 17.1 Å². The highest BCUT2D eigenvalue weighted by Crippen LogP contribution is 2.46. The number of hydrogen-bond acceptors (Lipinski definition) is 7. The quantitative estimate of drug-likeness (QED) is 0.215. The molecule has 2 aliphatic rings. The molecule has 0 bridgehead atoms. The molecule has 5 rings (SSSR count). The summed E-state index contributed by atoms with van der Waals surface area (Å²) in [5.74, 6) is -0.942. The molecule has 2 fully saturated rings. The number of ether oxygens (including phenoxy) is 1. The van der Waals surface area contributed by atoms with Crippen molar-refractivity contribution in [3.05, 3.63) is 52.8 Å². The summed E-state index contributed by atoms with van der Waals surface area (Å²) in [6.45, 7) is 8.94. The highest BCUT2D eigenvalue weighted by molar-refractivity contribution is 6.34. The molecule has 0 saturated carbocycles. The Kier molecular flexibility index (Phi) is 8.45. The summed E-state index contributed by atoms with van der Waals surface area (Å²) in [6.07, 6.45) is -1.62. The molecule has 2 N–H and O–H groups in total. The van der Waals surface area contributed by atoms with E-state index >= 15 is 4.39 Å². The molecular weight excluding hydrogens is 588 g/mol. The zero-order valence-electron chi connectivity index (χ0n) is 24.1. The van der Waals surface area contributed by atoms with Gasteiger partial charge in [-0.15, -0.1) is 0 Å². The molecule has 2 aromatic carbocycles. The van der Waals surface area contributed by atoms with Crippen LogP contribution in [0.15, 0.2) is 30.9 Å². The van der Waals surface area contributed by atoms with E-state index in [4.69, 9.17) is 22.1 Å². The van der Waals surface area contributed by atoms with Crippen LogP contribution in [0.5, 0.6) is 6.01 Å². The lowest BCUT2D eigenvalue weighted by Gasteiger charge is -2.40. The van der Waals surface area contributed by atoms with Gasteiger partial charge in [-0.3, -0.25) is 4.79 Å². The number of likely N-dealkylation sites (tertiary alicyclic amines) is 1. The van der Waals surface area contributed by atoms with Crippen LogP contribution >= 0.6 is 11.6 Å². The summed E-state index contributed by atoms with van der Waals surface area (Å²) < 4.78 is 65.2. The molecule has 3 aromatic rings. The van der Waals surface area contributed by atoms with Gasteiger partial charge < -0.3 is 25.2 Å². The van der Waals surface area contributed by atoms with Gasteiger partial charge in [0.25, 0.3) is 0 Å². The Balaban J connectivity index is 1.68. The third kappa shape index (κ3) is 5.95. The number of hydrogen-bond donors (Lipinski definition) is 1. The van der Waals surface area contributed by atoms with E-state index in [0.29, 0.717) is 25.5 Å². The minimum atomic E-state index is -4.80. The van der Waals surface area contributed by atoms with Crippen molar-refractivity contribution in [2.45, 2.75) is 44.9 Å². The number of amides is 1. The molecule has 13 heteroatoms. The van der Waals surface area contributed by atoms with Crippen LogP contribution in [0.25, 0.3) is 22.0 Å². The van der Waals surface area contributed by atoms with E-state index in [-0.39, 0.29) is 57.8 Å². The van der Waals surface area contributed by atoms with Gasteiger partial charge >= 0.3 is 12.2 Å². The van der Waals surface area contributed by atoms with E-state index < -0.39 is 28.7 Å². The van der Waals surface area contributed by atoms with Gasteiger partial charge in [0.05, 0.1) is 10.6 Å². The first kappa shape index (κ1) is 30.8. The van der Waals surface area contributed by atoms with Crippen molar-refractivity contribution in [1.82, 2.24) is 19.8 Å². The number of benzene rings is 2. The molecule has 2 saturated heterocycles. The van der Waals surface area contributed by atoms with E-state index in [0.717, 1.165) is 25.5 Å². The van der Waals surface area contributed by atoms with Crippen molar-refractivity contribution in [2.24, 2.45) is 0 Å². The first-order chi connectivity index (χ1) is 20.3. The third-order valence-electron chi connectivity index (χ3n) is 8.22. The maximum absolute atomic E-state index is 16.6. The molecule has 43 heavy (non-hydrogen) atoms. The summed E-state index contributed by atoms with van der Waals surface area (Å²) in [6, 6.07) is 3.39. The number of nitrogen functional groups attached to an aromatic ring is 1. The van der Waals surface area contributed by atoms with Gasteiger partial charge in [-0.2, -0.15) is 23.1 Å². The normalized spacial score (nSPS) is 19.7. The number of aryl methyl sites for hydroxylation is 1. The van der Waals surface area contributed by atoms with Gasteiger partial charge in [0, 0.05) is 53.9 Å². The van der Waals surface area contributed by atoms with Crippen LogP contribution < -0.4 is 15.4 Å². The third-order valence-corrected chi connectivity index (χ3v) is 8.51. The predicted molar refractivity (Wildman–Crippen MR) is 159 cm³/mol. The van der Waals surface area contributed by atoms with E-state index in [9.17, 15) is 18.0 Å². The summed E-state index contributed by atoms with van der Waals surface area (Å²) in [7, 11) is 1.99. The number of halogens is 5. The van der Waals surface area contributed by atoms with Gasteiger partial charge in [-0.1, -0.05) is 18.2 Å². The Hall–Kier alpha value is -3.64. The molecule has 2 atom stereocenters. The van der Waals surface area contributed by atoms with Crippen molar-refractivity contribution >= 4 is 39.9 Å². The van der Waals surface area contributed by atoms with E-state index in [1.54, 1.807) is 4.90 Å². The molecule has 3 heterocycles. The van der Waals surface area contributed by atoms with Crippen LogP contribution in [0.2, 0.25) is 5.02 Å². The largest absolute Gasteiger partial charge is 0.462 e. The standard InChI is InChI=1S/C30H33ClF4N6O2/c1-5-23(42)40-9-10-41(17(3)14-40)28-21-13-22(31)24(20-12-18(36)11-16(2)25(20)30(33,34)35)26(32)27(21)37-29(38-28)43-15-19-7-6-8-39(19)4/h5,11-13,17,19H,1,6-10,14-15,36H2,2-4H3/t17-,19-/m0/s1. The molecule has 8 nitrogen and oxygen atoms in total. The highest BCUT2D eigenvalue weighted by Gasteiger charge is 2.38. The van der Waals surface area contributed by atoms with Gasteiger partial charge in [0.1, 0.15) is 17.9 Å². The van der Waals surface area contributed by atoms with Crippen LogP contribution in [0.4, 0.5) is 29.1 Å². The van der Waals surface area contributed by atoms with Crippen LogP contribution in [-0.2, 0) is 11.0 Å². The fourth-order valence-corrected chi connectivity index (χ4v) is 6.33. The zero-order valence-corrected chi connectivity index (χ0v) is 24.9. The van der Waals surface area contributed by atoms with Crippen molar-refractivity contribution in [3.63, 3.8) is 0 Å². The second kappa shape index (κ2) is 11.8. The zero-order chi connectivity index (χ0) is 31.2. The average molecular weight is 621 g/mol. The number of alkyl halides is 3. The number of nitrogens with zero attached hydrogens (tertiary/aromatic N) is 5. The first-order valence-electron chi connectivity index (χ1n) is 14.0. The van der Waals surface area contributed by atoms with Crippen LogP contribution in [-0.4, -0.2) is 77.6 Å². The molecule has 230 valence electrons. The molecule has 0 unspecified atom stereocenters. The van der Waals surface area contributed by atoms with Gasteiger partial charge in [-0.05, 0) is 70.1 Å². The Bertz CT molecular complexity index is 1580. The van der Waals surface area contributed by atoms with Crippen molar-refractivity contribution in [1.29, 1.82) is 0 Å². The predicted octanol–water partition coefficient (Wildman–Crippen LogP) is 5.69. The lowest BCUT2D eigenvalue weighted by Crippen LogP contribution is -2.53. The van der Waals surface area contributed by atoms with E-state index in [2.05, 4.69) is 21.4 Å².